The van der Waals surface area contributed by atoms with Gasteiger partial charge in [0.15, 0.2) is 0 Å². The Morgan fingerprint density at radius 3 is 1.00 bits per heavy atom. The Labute approximate surface area is 241 Å². The monoisotopic (exact) mass is 537 g/mol. The largest absolute Gasteiger partial charge is 0.393 e. The molecule has 1 atom stereocenters. The minimum absolute atomic E-state index is 0.0442. The van der Waals surface area contributed by atoms with Crippen LogP contribution in [-0.4, -0.2) is 24.4 Å². The van der Waals surface area contributed by atoms with E-state index < -0.39 is 0 Å². The summed E-state index contributed by atoms with van der Waals surface area (Å²) in [6.07, 6.45) is 44.0. The molecule has 1 aliphatic heterocycles. The third-order valence-electron chi connectivity index (χ3n) is 7.89. The standard InChI is InChI=1S/C34H68O.C2H4O/c1-3-5-7-9-11-13-15-17-19-21-23-25-27-29-31-33-34(35)32-30-28-26-24-22-20-18-16-14-12-10-8-6-4-2;1-2-3-1/h17,19,34-35H,3-16,18,20-33H2,1-2H3;1-2H2/b19-17-;. The smallest absolute Gasteiger partial charge is 0.0701 e. The van der Waals surface area contributed by atoms with Crippen LogP contribution in [0.3, 0.4) is 0 Å². The van der Waals surface area contributed by atoms with Gasteiger partial charge < -0.3 is 9.84 Å². The van der Waals surface area contributed by atoms with E-state index in [1.807, 2.05) is 0 Å². The SMILES string of the molecule is C1CO1.CCCCCCCC/C=C\CCCCCCCC(O)CCCCCCCCCCCCCCCC. The Bertz CT molecular complexity index is 428. The lowest BCUT2D eigenvalue weighted by atomic mass is 10.0. The molecular weight excluding hydrogens is 464 g/mol. The number of hydrogen-bond donors (Lipinski definition) is 1. The van der Waals surface area contributed by atoms with Crippen molar-refractivity contribution in [2.24, 2.45) is 0 Å². The summed E-state index contributed by atoms with van der Waals surface area (Å²) in [7, 11) is 0. The van der Waals surface area contributed by atoms with Gasteiger partial charge in [0.2, 0.25) is 0 Å². The summed E-state index contributed by atoms with van der Waals surface area (Å²) in [6.45, 7) is 6.58. The molecule has 38 heavy (non-hydrogen) atoms. The molecular formula is C36H72O2. The van der Waals surface area contributed by atoms with E-state index in [1.165, 1.54) is 173 Å². The van der Waals surface area contributed by atoms with Crippen LogP contribution < -0.4 is 0 Å². The van der Waals surface area contributed by atoms with Gasteiger partial charge in [0.1, 0.15) is 0 Å². The zero-order valence-corrected chi connectivity index (χ0v) is 26.5. The molecule has 1 rings (SSSR count). The van der Waals surface area contributed by atoms with Gasteiger partial charge in [0.25, 0.3) is 0 Å². The van der Waals surface area contributed by atoms with Crippen molar-refractivity contribution in [3.05, 3.63) is 12.2 Å². The van der Waals surface area contributed by atoms with Crippen LogP contribution in [0.15, 0.2) is 12.2 Å². The zero-order chi connectivity index (χ0) is 27.6. The molecule has 0 aromatic rings. The summed E-state index contributed by atoms with van der Waals surface area (Å²) in [6, 6.07) is 0. The van der Waals surface area contributed by atoms with Gasteiger partial charge in [0.05, 0.1) is 19.3 Å². The molecule has 1 N–H and O–H groups in total. The van der Waals surface area contributed by atoms with Crippen molar-refractivity contribution < 1.29 is 9.84 Å². The first-order chi connectivity index (χ1) is 18.8. The maximum atomic E-state index is 10.2. The Hall–Kier alpha value is -0.340. The quantitative estimate of drug-likeness (QED) is 0.0562. The van der Waals surface area contributed by atoms with Crippen molar-refractivity contribution in [3.63, 3.8) is 0 Å². The van der Waals surface area contributed by atoms with Gasteiger partial charge in [-0.1, -0.05) is 174 Å². The van der Waals surface area contributed by atoms with Gasteiger partial charge in [0, 0.05) is 0 Å². The number of unbranched alkanes of at least 4 members (excludes halogenated alkanes) is 24. The lowest BCUT2D eigenvalue weighted by molar-refractivity contribution is 0.147. The Kier molecular flexibility index (Phi) is 34.4. The second kappa shape index (κ2) is 34.7. The number of epoxide rings is 1. The third-order valence-corrected chi connectivity index (χ3v) is 7.89. The number of rotatable bonds is 30. The molecule has 228 valence electrons. The summed E-state index contributed by atoms with van der Waals surface area (Å²) in [5, 5.41) is 10.2. The highest BCUT2D eigenvalue weighted by Crippen LogP contribution is 2.16. The van der Waals surface area contributed by atoms with Gasteiger partial charge in [-0.05, 0) is 38.5 Å². The molecule has 0 aromatic carbocycles. The van der Waals surface area contributed by atoms with E-state index in [2.05, 4.69) is 30.7 Å². The van der Waals surface area contributed by atoms with Gasteiger partial charge in [-0.3, -0.25) is 0 Å². The van der Waals surface area contributed by atoms with Gasteiger partial charge >= 0.3 is 0 Å². The topological polar surface area (TPSA) is 32.8 Å². The van der Waals surface area contributed by atoms with E-state index >= 15 is 0 Å². The maximum Gasteiger partial charge on any atom is 0.0701 e. The van der Waals surface area contributed by atoms with Crippen LogP contribution in [0.1, 0.15) is 200 Å². The van der Waals surface area contributed by atoms with Crippen molar-refractivity contribution in [1.82, 2.24) is 0 Å². The highest BCUT2D eigenvalue weighted by Gasteiger charge is 2.03. The number of allylic oxidation sites excluding steroid dienone is 2. The molecule has 1 fully saturated rings. The first kappa shape index (κ1) is 37.7. The molecule has 0 aromatic heterocycles. The molecule has 1 aliphatic rings. The molecule has 0 spiro atoms. The summed E-state index contributed by atoms with van der Waals surface area (Å²) in [4.78, 5) is 0. The summed E-state index contributed by atoms with van der Waals surface area (Å²) < 4.78 is 4.50. The number of ether oxygens (including phenoxy) is 1. The number of aliphatic hydroxyl groups excluding tert-OH is 1. The first-order valence-electron chi connectivity index (χ1n) is 17.7. The van der Waals surface area contributed by atoms with Gasteiger partial charge in [-0.25, -0.2) is 0 Å². The summed E-state index contributed by atoms with van der Waals surface area (Å²) >= 11 is 0. The van der Waals surface area contributed by atoms with E-state index in [0.29, 0.717) is 0 Å². The molecule has 2 heteroatoms. The molecule has 0 aliphatic carbocycles. The minimum Gasteiger partial charge on any atom is -0.393 e. The van der Waals surface area contributed by atoms with Crippen LogP contribution in [0.2, 0.25) is 0 Å². The molecule has 1 unspecified atom stereocenters. The van der Waals surface area contributed by atoms with Crippen molar-refractivity contribution in [1.29, 1.82) is 0 Å². The average Bonchev–Trinajstić information content (AvgIpc) is 3.81. The van der Waals surface area contributed by atoms with E-state index in [4.69, 9.17) is 0 Å². The lowest BCUT2D eigenvalue weighted by Crippen LogP contribution is -2.05. The van der Waals surface area contributed by atoms with Crippen molar-refractivity contribution in [2.75, 3.05) is 13.2 Å². The highest BCUT2D eigenvalue weighted by molar-refractivity contribution is 4.81. The van der Waals surface area contributed by atoms with Gasteiger partial charge in [-0.2, -0.15) is 0 Å². The van der Waals surface area contributed by atoms with E-state index in [1.54, 1.807) is 0 Å². The predicted molar refractivity (Wildman–Crippen MR) is 171 cm³/mol. The van der Waals surface area contributed by atoms with Crippen molar-refractivity contribution >= 4 is 0 Å². The maximum absolute atomic E-state index is 10.2. The van der Waals surface area contributed by atoms with Crippen LogP contribution in [0, 0.1) is 0 Å². The highest BCUT2D eigenvalue weighted by atomic mass is 16.6. The third kappa shape index (κ3) is 37.8. The zero-order valence-electron chi connectivity index (χ0n) is 26.5. The minimum atomic E-state index is -0.0442. The molecule has 0 amide bonds. The van der Waals surface area contributed by atoms with Crippen LogP contribution in [-0.2, 0) is 4.74 Å². The predicted octanol–water partition coefficient (Wildman–Crippen LogP) is 12.3. The normalized spacial score (nSPS) is 13.6. The molecule has 2 nitrogen and oxygen atoms in total. The van der Waals surface area contributed by atoms with Gasteiger partial charge in [-0.15, -0.1) is 0 Å². The molecule has 1 heterocycles. The number of aliphatic hydroxyl groups is 1. The molecule has 0 bridgehead atoms. The molecule has 1 saturated heterocycles. The van der Waals surface area contributed by atoms with Crippen LogP contribution >= 0.6 is 0 Å². The fraction of sp³-hybridized carbons (Fsp3) is 0.944. The summed E-state index contributed by atoms with van der Waals surface area (Å²) in [5.74, 6) is 0. The van der Waals surface area contributed by atoms with E-state index in [-0.39, 0.29) is 6.10 Å². The Morgan fingerprint density at radius 2 is 0.711 bits per heavy atom. The van der Waals surface area contributed by atoms with Crippen molar-refractivity contribution in [3.8, 4) is 0 Å². The second-order valence-corrected chi connectivity index (χ2v) is 12.0. The first-order valence-corrected chi connectivity index (χ1v) is 17.7. The Morgan fingerprint density at radius 1 is 0.447 bits per heavy atom. The van der Waals surface area contributed by atoms with Crippen LogP contribution in [0.5, 0.6) is 0 Å². The number of hydrogen-bond acceptors (Lipinski definition) is 2. The van der Waals surface area contributed by atoms with Crippen LogP contribution in [0.4, 0.5) is 0 Å². The van der Waals surface area contributed by atoms with E-state index in [9.17, 15) is 5.11 Å². The fourth-order valence-corrected chi connectivity index (χ4v) is 5.17. The lowest BCUT2D eigenvalue weighted by Gasteiger charge is -2.10. The molecule has 0 radical (unpaired) electrons. The van der Waals surface area contributed by atoms with Crippen molar-refractivity contribution in [2.45, 2.75) is 206 Å². The Balaban J connectivity index is 0.00000423. The fourth-order valence-electron chi connectivity index (χ4n) is 5.17. The summed E-state index contributed by atoms with van der Waals surface area (Å²) in [5.41, 5.74) is 0. The van der Waals surface area contributed by atoms with E-state index in [0.717, 1.165) is 26.1 Å². The average molecular weight is 537 g/mol. The van der Waals surface area contributed by atoms with Crippen LogP contribution in [0.25, 0.3) is 0 Å². The second-order valence-electron chi connectivity index (χ2n) is 12.0. The molecule has 0 saturated carbocycles.